The minimum Gasteiger partial charge on any atom is -0.303 e. The second-order valence-electron chi connectivity index (χ2n) is 3.52. The van der Waals surface area contributed by atoms with Crippen LogP contribution in [0.1, 0.15) is 33.6 Å². The van der Waals surface area contributed by atoms with E-state index >= 15 is 0 Å². The molecule has 2 rings (SSSR count). The van der Waals surface area contributed by atoms with Gasteiger partial charge in [-0.05, 0) is 31.2 Å². The molecule has 1 saturated carbocycles. The van der Waals surface area contributed by atoms with E-state index in [9.17, 15) is 0 Å². The minimum absolute atomic E-state index is 1.12. The average molecular weight is 155 g/mol. The van der Waals surface area contributed by atoms with Gasteiger partial charge < -0.3 is 4.90 Å². The molecular weight excluding hydrogens is 134 g/mol. The molecule has 11 heavy (non-hydrogen) atoms. The number of nitrogens with zero attached hydrogens (tertiary/aromatic N) is 1. The SMILES string of the molecule is CC.CCCN1CC2CC2C1. The van der Waals surface area contributed by atoms with E-state index in [1.54, 1.807) is 6.42 Å². The Balaban J connectivity index is 0.000000281. The van der Waals surface area contributed by atoms with Gasteiger partial charge in [0.2, 0.25) is 0 Å². The third kappa shape index (κ3) is 2.19. The lowest BCUT2D eigenvalue weighted by Gasteiger charge is -2.14. The fraction of sp³-hybridized carbons (Fsp3) is 1.00. The fourth-order valence-corrected chi connectivity index (χ4v) is 1.99. The number of rotatable bonds is 2. The normalized spacial score (nSPS) is 34.1. The van der Waals surface area contributed by atoms with Crippen molar-refractivity contribution in [2.24, 2.45) is 11.8 Å². The molecule has 1 aliphatic heterocycles. The molecule has 2 fully saturated rings. The first kappa shape index (κ1) is 9.05. The molecule has 0 N–H and O–H groups in total. The Labute approximate surface area is 70.8 Å². The molecule has 0 aromatic rings. The lowest BCUT2D eigenvalue weighted by atomic mass is 10.4. The molecule has 1 heteroatoms. The highest BCUT2D eigenvalue weighted by molar-refractivity contribution is 4.96. The molecule has 2 unspecified atom stereocenters. The van der Waals surface area contributed by atoms with Crippen molar-refractivity contribution < 1.29 is 0 Å². The number of fused-ring (bicyclic) bond motifs is 1. The maximum Gasteiger partial charge on any atom is 0.00130 e. The molecule has 0 aromatic carbocycles. The van der Waals surface area contributed by atoms with Crippen LogP contribution >= 0.6 is 0 Å². The molecule has 2 atom stereocenters. The zero-order valence-electron chi connectivity index (χ0n) is 8.14. The Morgan fingerprint density at radius 1 is 1.18 bits per heavy atom. The highest BCUT2D eigenvalue weighted by atomic mass is 15.2. The van der Waals surface area contributed by atoms with Crippen LogP contribution in [-0.2, 0) is 0 Å². The van der Waals surface area contributed by atoms with Crippen LogP contribution in [0.25, 0.3) is 0 Å². The van der Waals surface area contributed by atoms with Gasteiger partial charge >= 0.3 is 0 Å². The number of likely N-dealkylation sites (tertiary alicyclic amines) is 1. The Bertz CT molecular complexity index is 101. The fourth-order valence-electron chi connectivity index (χ4n) is 1.99. The molecule has 66 valence electrons. The average Bonchev–Trinajstić information content (AvgIpc) is 2.65. The first-order valence-electron chi connectivity index (χ1n) is 5.12. The zero-order chi connectivity index (χ0) is 8.27. The van der Waals surface area contributed by atoms with E-state index in [1.807, 2.05) is 13.8 Å². The van der Waals surface area contributed by atoms with Gasteiger partial charge in [-0.1, -0.05) is 20.8 Å². The smallest absolute Gasteiger partial charge is 0.00130 e. The maximum atomic E-state index is 2.61. The molecule has 0 aromatic heterocycles. The standard InChI is InChI=1S/C8H15N.C2H6/c1-2-3-9-5-7-4-8(7)6-9;1-2/h7-8H,2-6H2,1H3;1-2H3. The lowest BCUT2D eigenvalue weighted by Crippen LogP contribution is -2.23. The summed E-state index contributed by atoms with van der Waals surface area (Å²) >= 11 is 0. The van der Waals surface area contributed by atoms with E-state index < -0.39 is 0 Å². The number of hydrogen-bond donors (Lipinski definition) is 0. The largest absolute Gasteiger partial charge is 0.303 e. The van der Waals surface area contributed by atoms with Crippen LogP contribution < -0.4 is 0 Å². The second kappa shape index (κ2) is 4.10. The third-order valence-electron chi connectivity index (χ3n) is 2.59. The first-order valence-corrected chi connectivity index (χ1v) is 5.12. The van der Waals surface area contributed by atoms with Crippen molar-refractivity contribution >= 4 is 0 Å². The molecule has 1 nitrogen and oxygen atoms in total. The maximum absolute atomic E-state index is 2.61. The van der Waals surface area contributed by atoms with Gasteiger partial charge in [-0.3, -0.25) is 0 Å². The molecule has 1 aliphatic carbocycles. The molecule has 1 heterocycles. The van der Waals surface area contributed by atoms with Crippen LogP contribution in [0.2, 0.25) is 0 Å². The van der Waals surface area contributed by atoms with E-state index in [1.165, 1.54) is 26.1 Å². The van der Waals surface area contributed by atoms with E-state index in [0.29, 0.717) is 0 Å². The quantitative estimate of drug-likeness (QED) is 0.592. The Hall–Kier alpha value is -0.0400. The molecule has 1 saturated heterocycles. The molecular formula is C10H21N. The molecule has 0 spiro atoms. The van der Waals surface area contributed by atoms with Crippen LogP contribution in [0.5, 0.6) is 0 Å². The minimum atomic E-state index is 1.12. The molecule has 2 aliphatic rings. The third-order valence-corrected chi connectivity index (χ3v) is 2.59. The summed E-state index contributed by atoms with van der Waals surface area (Å²) in [5, 5.41) is 0. The van der Waals surface area contributed by atoms with Crippen LogP contribution in [0.3, 0.4) is 0 Å². The Morgan fingerprint density at radius 2 is 1.73 bits per heavy atom. The van der Waals surface area contributed by atoms with Crippen molar-refractivity contribution in [3.63, 3.8) is 0 Å². The predicted octanol–water partition coefficient (Wildman–Crippen LogP) is 2.37. The second-order valence-corrected chi connectivity index (χ2v) is 3.52. The topological polar surface area (TPSA) is 3.24 Å². The van der Waals surface area contributed by atoms with E-state index in [4.69, 9.17) is 0 Å². The van der Waals surface area contributed by atoms with Crippen molar-refractivity contribution in [3.8, 4) is 0 Å². The van der Waals surface area contributed by atoms with Gasteiger partial charge in [0, 0.05) is 13.1 Å². The van der Waals surface area contributed by atoms with Gasteiger partial charge in [0.05, 0.1) is 0 Å². The van der Waals surface area contributed by atoms with Crippen molar-refractivity contribution in [2.75, 3.05) is 19.6 Å². The molecule has 0 radical (unpaired) electrons. The van der Waals surface area contributed by atoms with E-state index in [2.05, 4.69) is 11.8 Å². The van der Waals surface area contributed by atoms with Crippen LogP contribution in [0.4, 0.5) is 0 Å². The summed E-state index contributed by atoms with van der Waals surface area (Å²) in [7, 11) is 0. The van der Waals surface area contributed by atoms with Crippen LogP contribution in [0.15, 0.2) is 0 Å². The first-order chi connectivity index (χ1) is 5.40. The summed E-state index contributed by atoms with van der Waals surface area (Å²) in [6.07, 6.45) is 2.87. The molecule has 0 bridgehead atoms. The predicted molar refractivity (Wildman–Crippen MR) is 49.7 cm³/mol. The van der Waals surface area contributed by atoms with Crippen molar-refractivity contribution in [1.29, 1.82) is 0 Å². The Morgan fingerprint density at radius 3 is 2.18 bits per heavy atom. The monoisotopic (exact) mass is 155 g/mol. The Kier molecular flexibility index (Phi) is 3.38. The van der Waals surface area contributed by atoms with Gasteiger partial charge in [-0.15, -0.1) is 0 Å². The highest BCUT2D eigenvalue weighted by Crippen LogP contribution is 2.44. The van der Waals surface area contributed by atoms with Gasteiger partial charge in [-0.2, -0.15) is 0 Å². The van der Waals surface area contributed by atoms with E-state index in [0.717, 1.165) is 11.8 Å². The van der Waals surface area contributed by atoms with Gasteiger partial charge in [-0.25, -0.2) is 0 Å². The lowest BCUT2D eigenvalue weighted by molar-refractivity contribution is 0.306. The van der Waals surface area contributed by atoms with Gasteiger partial charge in [0.15, 0.2) is 0 Å². The summed E-state index contributed by atoms with van der Waals surface area (Å²) in [5.41, 5.74) is 0. The van der Waals surface area contributed by atoms with Crippen molar-refractivity contribution in [2.45, 2.75) is 33.6 Å². The number of hydrogen-bond acceptors (Lipinski definition) is 1. The van der Waals surface area contributed by atoms with Gasteiger partial charge in [0.1, 0.15) is 0 Å². The van der Waals surface area contributed by atoms with Gasteiger partial charge in [0.25, 0.3) is 0 Å². The van der Waals surface area contributed by atoms with Crippen LogP contribution in [-0.4, -0.2) is 24.5 Å². The van der Waals surface area contributed by atoms with E-state index in [-0.39, 0.29) is 0 Å². The summed E-state index contributed by atoms with van der Waals surface area (Å²) < 4.78 is 0. The van der Waals surface area contributed by atoms with Crippen LogP contribution in [0, 0.1) is 11.8 Å². The number of piperidine rings is 1. The van der Waals surface area contributed by atoms with Crippen molar-refractivity contribution in [3.05, 3.63) is 0 Å². The highest BCUT2D eigenvalue weighted by Gasteiger charge is 2.44. The summed E-state index contributed by atoms with van der Waals surface area (Å²) in [5.74, 6) is 2.24. The summed E-state index contributed by atoms with van der Waals surface area (Å²) in [6, 6.07) is 0. The summed E-state index contributed by atoms with van der Waals surface area (Å²) in [4.78, 5) is 2.61. The van der Waals surface area contributed by atoms with Crippen molar-refractivity contribution in [1.82, 2.24) is 4.90 Å². The summed E-state index contributed by atoms with van der Waals surface area (Å²) in [6.45, 7) is 10.4. The molecule has 0 amide bonds. The zero-order valence-corrected chi connectivity index (χ0v) is 8.14.